The van der Waals surface area contributed by atoms with Crippen LogP contribution in [0.5, 0.6) is 0 Å². The molecule has 5 nitrogen and oxygen atoms in total. The molecule has 1 N–H and O–H groups in total. The topological polar surface area (TPSA) is 58.4 Å². The SMILES string of the molecule is CC(c1ccccc1)N1CCC(NC(=O)Cc2csc(-c3ccco3)n2)C1. The Hall–Kier alpha value is -2.44. The van der Waals surface area contributed by atoms with Crippen LogP contribution in [0, 0.1) is 0 Å². The van der Waals surface area contributed by atoms with Crippen LogP contribution in [0.1, 0.15) is 30.6 Å². The molecule has 1 aromatic carbocycles. The smallest absolute Gasteiger partial charge is 0.226 e. The van der Waals surface area contributed by atoms with Crippen LogP contribution in [0.3, 0.4) is 0 Å². The van der Waals surface area contributed by atoms with Crippen molar-refractivity contribution in [3.8, 4) is 10.8 Å². The molecule has 0 spiro atoms. The summed E-state index contributed by atoms with van der Waals surface area (Å²) in [6.07, 6.45) is 2.92. The highest BCUT2D eigenvalue weighted by Gasteiger charge is 2.27. The molecule has 140 valence electrons. The molecule has 0 bridgehead atoms. The van der Waals surface area contributed by atoms with E-state index in [9.17, 15) is 4.79 Å². The maximum Gasteiger partial charge on any atom is 0.226 e. The van der Waals surface area contributed by atoms with E-state index in [2.05, 4.69) is 46.4 Å². The lowest BCUT2D eigenvalue weighted by molar-refractivity contribution is -0.121. The first-order valence-corrected chi connectivity index (χ1v) is 10.1. The Bertz CT molecular complexity index is 876. The van der Waals surface area contributed by atoms with Crippen LogP contribution in [-0.4, -0.2) is 34.9 Å². The third-order valence-electron chi connectivity index (χ3n) is 5.04. The highest BCUT2D eigenvalue weighted by molar-refractivity contribution is 7.13. The van der Waals surface area contributed by atoms with Crippen molar-refractivity contribution in [2.24, 2.45) is 0 Å². The van der Waals surface area contributed by atoms with E-state index in [1.807, 2.05) is 23.6 Å². The maximum absolute atomic E-state index is 12.4. The Morgan fingerprint density at radius 2 is 2.19 bits per heavy atom. The zero-order chi connectivity index (χ0) is 18.6. The third-order valence-corrected chi connectivity index (χ3v) is 5.95. The molecular weight excluding hydrogens is 358 g/mol. The Morgan fingerprint density at radius 3 is 2.96 bits per heavy atom. The van der Waals surface area contributed by atoms with Gasteiger partial charge >= 0.3 is 0 Å². The molecule has 6 heteroatoms. The molecule has 0 saturated carbocycles. The highest BCUT2D eigenvalue weighted by atomic mass is 32.1. The maximum atomic E-state index is 12.4. The average Bonchev–Trinajstić information content (AvgIpc) is 3.43. The second-order valence-corrected chi connectivity index (χ2v) is 7.79. The monoisotopic (exact) mass is 381 g/mol. The number of furan rings is 1. The summed E-state index contributed by atoms with van der Waals surface area (Å²) >= 11 is 1.50. The molecule has 3 aromatic rings. The first-order chi connectivity index (χ1) is 13.2. The summed E-state index contributed by atoms with van der Waals surface area (Å²) in [5.41, 5.74) is 2.11. The predicted molar refractivity (Wildman–Crippen MR) is 106 cm³/mol. The summed E-state index contributed by atoms with van der Waals surface area (Å²) in [6, 6.07) is 14.8. The number of nitrogens with zero attached hydrogens (tertiary/aromatic N) is 2. The fourth-order valence-electron chi connectivity index (χ4n) is 3.54. The van der Waals surface area contributed by atoms with E-state index in [1.54, 1.807) is 6.26 Å². The van der Waals surface area contributed by atoms with Gasteiger partial charge in [0, 0.05) is 30.6 Å². The lowest BCUT2D eigenvalue weighted by atomic mass is 10.1. The number of aromatic nitrogens is 1. The molecule has 1 aliphatic heterocycles. The van der Waals surface area contributed by atoms with Crippen LogP contribution in [-0.2, 0) is 11.2 Å². The number of likely N-dealkylation sites (tertiary alicyclic amines) is 1. The van der Waals surface area contributed by atoms with Gasteiger partial charge in [0.2, 0.25) is 5.91 Å². The summed E-state index contributed by atoms with van der Waals surface area (Å²) in [6.45, 7) is 4.11. The minimum Gasteiger partial charge on any atom is -0.462 e. The van der Waals surface area contributed by atoms with Gasteiger partial charge in [0.15, 0.2) is 10.8 Å². The molecule has 27 heavy (non-hydrogen) atoms. The fraction of sp³-hybridized carbons (Fsp3) is 0.333. The number of benzene rings is 1. The van der Waals surface area contributed by atoms with E-state index in [4.69, 9.17) is 4.42 Å². The third kappa shape index (κ3) is 4.28. The first kappa shape index (κ1) is 17.9. The van der Waals surface area contributed by atoms with E-state index < -0.39 is 0 Å². The second kappa shape index (κ2) is 8.06. The second-order valence-electron chi connectivity index (χ2n) is 6.93. The Balaban J connectivity index is 1.29. The van der Waals surface area contributed by atoms with Crippen LogP contribution in [0.2, 0.25) is 0 Å². The molecule has 1 saturated heterocycles. The van der Waals surface area contributed by atoms with Gasteiger partial charge in [-0.3, -0.25) is 9.69 Å². The zero-order valence-electron chi connectivity index (χ0n) is 15.3. The Labute approximate surface area is 163 Å². The lowest BCUT2D eigenvalue weighted by Crippen LogP contribution is -2.38. The van der Waals surface area contributed by atoms with Gasteiger partial charge in [-0.1, -0.05) is 30.3 Å². The zero-order valence-corrected chi connectivity index (χ0v) is 16.1. The Morgan fingerprint density at radius 1 is 1.33 bits per heavy atom. The van der Waals surface area contributed by atoms with E-state index in [0.717, 1.165) is 36.0 Å². The summed E-state index contributed by atoms with van der Waals surface area (Å²) in [4.78, 5) is 19.4. The van der Waals surface area contributed by atoms with Crippen molar-refractivity contribution in [2.75, 3.05) is 13.1 Å². The van der Waals surface area contributed by atoms with Crippen molar-refractivity contribution in [1.82, 2.24) is 15.2 Å². The van der Waals surface area contributed by atoms with Crippen molar-refractivity contribution < 1.29 is 9.21 Å². The highest BCUT2D eigenvalue weighted by Crippen LogP contribution is 2.25. The van der Waals surface area contributed by atoms with Crippen LogP contribution < -0.4 is 5.32 Å². The van der Waals surface area contributed by atoms with Crippen molar-refractivity contribution in [1.29, 1.82) is 0 Å². The van der Waals surface area contributed by atoms with Crippen LogP contribution in [0.25, 0.3) is 10.8 Å². The van der Waals surface area contributed by atoms with Gasteiger partial charge in [-0.15, -0.1) is 11.3 Å². The van der Waals surface area contributed by atoms with Crippen LogP contribution >= 0.6 is 11.3 Å². The molecule has 1 amide bonds. The van der Waals surface area contributed by atoms with Gasteiger partial charge in [-0.05, 0) is 31.0 Å². The number of hydrogen-bond donors (Lipinski definition) is 1. The standard InChI is InChI=1S/C21H23N3O2S/c1-15(16-6-3-2-4-7-16)24-10-9-17(13-24)22-20(25)12-18-14-27-21(23-18)19-8-5-11-26-19/h2-8,11,14-15,17H,9-10,12-13H2,1H3,(H,22,25). The quantitative estimate of drug-likeness (QED) is 0.704. The van der Waals surface area contributed by atoms with E-state index in [0.29, 0.717) is 12.5 Å². The molecular formula is C21H23N3O2S. The molecule has 2 atom stereocenters. The molecule has 1 aliphatic rings. The van der Waals surface area contributed by atoms with Gasteiger partial charge in [0.1, 0.15) is 0 Å². The molecule has 0 radical (unpaired) electrons. The first-order valence-electron chi connectivity index (χ1n) is 9.25. The number of amides is 1. The normalized spacial score (nSPS) is 18.5. The minimum absolute atomic E-state index is 0.0329. The van der Waals surface area contributed by atoms with Crippen molar-refractivity contribution in [2.45, 2.75) is 31.8 Å². The number of carbonyl (C=O) groups excluding carboxylic acids is 1. The van der Waals surface area contributed by atoms with Gasteiger partial charge in [0.25, 0.3) is 0 Å². The van der Waals surface area contributed by atoms with E-state index in [-0.39, 0.29) is 11.9 Å². The predicted octanol–water partition coefficient (Wildman–Crippen LogP) is 3.90. The van der Waals surface area contributed by atoms with Crippen LogP contribution in [0.4, 0.5) is 0 Å². The average molecular weight is 382 g/mol. The van der Waals surface area contributed by atoms with Gasteiger partial charge < -0.3 is 9.73 Å². The molecule has 3 heterocycles. The number of thiazole rings is 1. The molecule has 0 aliphatic carbocycles. The van der Waals surface area contributed by atoms with Gasteiger partial charge in [0.05, 0.1) is 18.4 Å². The largest absolute Gasteiger partial charge is 0.462 e. The van der Waals surface area contributed by atoms with Crippen molar-refractivity contribution in [3.05, 3.63) is 65.4 Å². The van der Waals surface area contributed by atoms with Gasteiger partial charge in [-0.2, -0.15) is 0 Å². The number of nitrogens with one attached hydrogen (secondary N) is 1. The summed E-state index contributed by atoms with van der Waals surface area (Å²) < 4.78 is 5.36. The van der Waals surface area contributed by atoms with E-state index >= 15 is 0 Å². The number of rotatable bonds is 6. The molecule has 4 rings (SSSR count). The van der Waals surface area contributed by atoms with Crippen LogP contribution in [0.15, 0.2) is 58.5 Å². The molecule has 1 fully saturated rings. The van der Waals surface area contributed by atoms with Crippen molar-refractivity contribution in [3.63, 3.8) is 0 Å². The summed E-state index contributed by atoms with van der Waals surface area (Å²) in [5, 5.41) is 5.91. The summed E-state index contributed by atoms with van der Waals surface area (Å²) in [5.74, 6) is 0.776. The van der Waals surface area contributed by atoms with Gasteiger partial charge in [-0.25, -0.2) is 4.98 Å². The Kier molecular flexibility index (Phi) is 5.36. The summed E-state index contributed by atoms with van der Waals surface area (Å²) in [7, 11) is 0. The van der Waals surface area contributed by atoms with Crippen molar-refractivity contribution >= 4 is 17.2 Å². The van der Waals surface area contributed by atoms with E-state index in [1.165, 1.54) is 16.9 Å². The number of carbonyl (C=O) groups is 1. The lowest BCUT2D eigenvalue weighted by Gasteiger charge is -2.24. The fourth-order valence-corrected chi connectivity index (χ4v) is 4.33. The number of hydrogen-bond acceptors (Lipinski definition) is 5. The molecule has 2 unspecified atom stereocenters. The molecule has 2 aromatic heterocycles. The minimum atomic E-state index is 0.0329.